The van der Waals surface area contributed by atoms with Crippen molar-refractivity contribution >= 4 is 5.91 Å². The van der Waals surface area contributed by atoms with Crippen LogP contribution in [0.5, 0.6) is 0 Å². The highest BCUT2D eigenvalue weighted by Crippen LogP contribution is 1.98. The van der Waals surface area contributed by atoms with Crippen molar-refractivity contribution in [1.29, 1.82) is 0 Å². The maximum absolute atomic E-state index is 11.3. The summed E-state index contributed by atoms with van der Waals surface area (Å²) < 4.78 is 0. The molecule has 0 saturated heterocycles. The highest BCUT2D eigenvalue weighted by molar-refractivity contribution is 5.80. The van der Waals surface area contributed by atoms with Crippen molar-refractivity contribution in [3.05, 3.63) is 0 Å². The molecule has 0 radical (unpaired) electrons. The summed E-state index contributed by atoms with van der Waals surface area (Å²) >= 11 is 0. The van der Waals surface area contributed by atoms with E-state index in [9.17, 15) is 4.79 Å². The fraction of sp³-hybridized carbons (Fsp3) is 0.900. The zero-order chi connectivity index (χ0) is 11.0. The summed E-state index contributed by atoms with van der Waals surface area (Å²) in [5.41, 5.74) is 7.99. The molecule has 0 aromatic rings. The van der Waals surface area contributed by atoms with Crippen LogP contribution in [0.2, 0.25) is 0 Å². The van der Waals surface area contributed by atoms with Crippen LogP contribution in [-0.4, -0.2) is 18.6 Å². The summed E-state index contributed by atoms with van der Waals surface area (Å²) in [5.74, 6) is 0.182. The molecule has 0 heterocycles. The van der Waals surface area contributed by atoms with Gasteiger partial charge in [-0.05, 0) is 12.3 Å². The number of unbranched alkanes of at least 4 members (excludes halogenated alkanes) is 1. The molecule has 0 fully saturated rings. The van der Waals surface area contributed by atoms with E-state index in [1.807, 2.05) is 13.8 Å². The van der Waals surface area contributed by atoms with E-state index in [1.54, 1.807) is 0 Å². The molecule has 1 atom stereocenters. The van der Waals surface area contributed by atoms with E-state index in [4.69, 9.17) is 10.6 Å². The average Bonchev–Trinajstić information content (AvgIpc) is 2.13. The smallest absolute Gasteiger partial charge is 0.260 e. The Kier molecular flexibility index (Phi) is 7.42. The largest absolute Gasteiger partial charge is 0.320 e. The first-order valence-corrected chi connectivity index (χ1v) is 5.25. The molecule has 0 aliphatic carbocycles. The Morgan fingerprint density at radius 3 is 2.64 bits per heavy atom. The van der Waals surface area contributed by atoms with Crippen LogP contribution in [0.25, 0.3) is 0 Å². The van der Waals surface area contributed by atoms with E-state index in [1.165, 1.54) is 0 Å². The number of hydrogen-bond donors (Lipinski definition) is 2. The summed E-state index contributed by atoms with van der Waals surface area (Å²) in [6.45, 7) is 6.62. The van der Waals surface area contributed by atoms with Gasteiger partial charge in [-0.3, -0.25) is 9.63 Å². The molecule has 0 unspecified atom stereocenters. The third-order valence-corrected chi connectivity index (χ3v) is 1.79. The quantitative estimate of drug-likeness (QED) is 0.610. The SMILES string of the molecule is CCCC[C@H](N)C(=O)NOCC(C)C. The summed E-state index contributed by atoms with van der Waals surface area (Å²) in [7, 11) is 0. The van der Waals surface area contributed by atoms with Gasteiger partial charge < -0.3 is 5.73 Å². The third-order valence-electron chi connectivity index (χ3n) is 1.79. The Hall–Kier alpha value is -0.610. The van der Waals surface area contributed by atoms with Gasteiger partial charge in [0.15, 0.2) is 0 Å². The van der Waals surface area contributed by atoms with Gasteiger partial charge in [0.05, 0.1) is 12.6 Å². The van der Waals surface area contributed by atoms with Crippen LogP contribution in [-0.2, 0) is 9.63 Å². The highest BCUT2D eigenvalue weighted by Gasteiger charge is 2.12. The van der Waals surface area contributed by atoms with Crippen LogP contribution < -0.4 is 11.2 Å². The molecule has 0 bridgehead atoms. The number of amides is 1. The first-order valence-electron chi connectivity index (χ1n) is 5.25. The van der Waals surface area contributed by atoms with Gasteiger partial charge in [0.25, 0.3) is 5.91 Å². The van der Waals surface area contributed by atoms with E-state index in [0.29, 0.717) is 18.9 Å². The number of nitrogens with one attached hydrogen (secondary N) is 1. The molecule has 4 heteroatoms. The predicted molar refractivity (Wildman–Crippen MR) is 56.4 cm³/mol. The Morgan fingerprint density at radius 2 is 2.14 bits per heavy atom. The van der Waals surface area contributed by atoms with E-state index >= 15 is 0 Å². The molecule has 0 aliphatic rings. The topological polar surface area (TPSA) is 64.4 Å². The van der Waals surface area contributed by atoms with Crippen molar-refractivity contribution in [1.82, 2.24) is 5.48 Å². The molecule has 0 rings (SSSR count). The maximum atomic E-state index is 11.3. The van der Waals surface area contributed by atoms with Crippen molar-refractivity contribution in [2.45, 2.75) is 46.1 Å². The second-order valence-corrected chi connectivity index (χ2v) is 3.92. The Morgan fingerprint density at radius 1 is 1.50 bits per heavy atom. The molecule has 0 aromatic heterocycles. The lowest BCUT2D eigenvalue weighted by molar-refractivity contribution is -0.135. The van der Waals surface area contributed by atoms with Gasteiger partial charge in [0, 0.05) is 0 Å². The minimum Gasteiger partial charge on any atom is -0.320 e. The third kappa shape index (κ3) is 6.86. The second kappa shape index (κ2) is 7.76. The fourth-order valence-corrected chi connectivity index (χ4v) is 0.910. The Balaban J connectivity index is 3.52. The molecule has 84 valence electrons. The maximum Gasteiger partial charge on any atom is 0.260 e. The lowest BCUT2D eigenvalue weighted by Gasteiger charge is -2.12. The number of carbonyl (C=O) groups is 1. The fourth-order valence-electron chi connectivity index (χ4n) is 0.910. The lowest BCUT2D eigenvalue weighted by Crippen LogP contribution is -2.40. The molecule has 1 amide bonds. The van der Waals surface area contributed by atoms with Gasteiger partial charge in [-0.2, -0.15) is 0 Å². The zero-order valence-corrected chi connectivity index (χ0v) is 9.38. The molecule has 0 spiro atoms. The van der Waals surface area contributed by atoms with E-state index in [0.717, 1.165) is 12.8 Å². The van der Waals surface area contributed by atoms with E-state index in [-0.39, 0.29) is 5.91 Å². The average molecular weight is 202 g/mol. The minimum atomic E-state index is -0.442. The normalized spacial score (nSPS) is 12.9. The number of nitrogens with two attached hydrogens (primary N) is 1. The lowest BCUT2D eigenvalue weighted by atomic mass is 10.1. The molecule has 0 aliphatic heterocycles. The van der Waals surface area contributed by atoms with Crippen molar-refractivity contribution in [2.24, 2.45) is 11.7 Å². The molecule has 0 saturated carbocycles. The molecule has 14 heavy (non-hydrogen) atoms. The summed E-state index contributed by atoms with van der Waals surface area (Å²) in [5, 5.41) is 0. The van der Waals surface area contributed by atoms with Crippen molar-refractivity contribution in [3.63, 3.8) is 0 Å². The predicted octanol–water partition coefficient (Wildman–Crippen LogP) is 1.21. The number of carbonyl (C=O) groups excluding carboxylic acids is 1. The second-order valence-electron chi connectivity index (χ2n) is 3.92. The van der Waals surface area contributed by atoms with Crippen LogP contribution in [0.1, 0.15) is 40.0 Å². The Labute approximate surface area is 86.1 Å². The van der Waals surface area contributed by atoms with E-state index in [2.05, 4.69) is 12.4 Å². The van der Waals surface area contributed by atoms with Crippen LogP contribution in [0, 0.1) is 5.92 Å². The number of rotatable bonds is 7. The monoisotopic (exact) mass is 202 g/mol. The van der Waals surface area contributed by atoms with Crippen LogP contribution in [0.4, 0.5) is 0 Å². The first kappa shape index (κ1) is 13.4. The van der Waals surface area contributed by atoms with Crippen LogP contribution in [0.3, 0.4) is 0 Å². The number of hydroxylamine groups is 1. The van der Waals surface area contributed by atoms with E-state index < -0.39 is 6.04 Å². The minimum absolute atomic E-state index is 0.223. The van der Waals surface area contributed by atoms with Gasteiger partial charge in [0.1, 0.15) is 0 Å². The van der Waals surface area contributed by atoms with Gasteiger partial charge in [0.2, 0.25) is 0 Å². The van der Waals surface area contributed by atoms with Gasteiger partial charge in [-0.15, -0.1) is 0 Å². The summed E-state index contributed by atoms with van der Waals surface area (Å²) in [6.07, 6.45) is 2.74. The zero-order valence-electron chi connectivity index (χ0n) is 9.38. The summed E-state index contributed by atoms with van der Waals surface area (Å²) in [4.78, 5) is 16.2. The molecule has 0 aromatic carbocycles. The highest BCUT2D eigenvalue weighted by atomic mass is 16.7. The first-order chi connectivity index (χ1) is 6.57. The van der Waals surface area contributed by atoms with Gasteiger partial charge in [-0.1, -0.05) is 33.6 Å². The van der Waals surface area contributed by atoms with Crippen molar-refractivity contribution in [2.75, 3.05) is 6.61 Å². The van der Waals surface area contributed by atoms with Crippen LogP contribution in [0.15, 0.2) is 0 Å². The number of hydrogen-bond acceptors (Lipinski definition) is 3. The van der Waals surface area contributed by atoms with Gasteiger partial charge in [-0.25, -0.2) is 5.48 Å². The summed E-state index contributed by atoms with van der Waals surface area (Å²) in [6, 6.07) is -0.442. The molecule has 4 nitrogen and oxygen atoms in total. The molecule has 3 N–H and O–H groups in total. The standard InChI is InChI=1S/C10H22N2O2/c1-4-5-6-9(11)10(13)12-14-7-8(2)3/h8-9H,4-7,11H2,1-3H3,(H,12,13)/t9-/m0/s1. The van der Waals surface area contributed by atoms with Crippen molar-refractivity contribution < 1.29 is 9.63 Å². The van der Waals surface area contributed by atoms with Crippen molar-refractivity contribution in [3.8, 4) is 0 Å². The Bertz CT molecular complexity index is 160. The molecular weight excluding hydrogens is 180 g/mol. The van der Waals surface area contributed by atoms with Crippen LogP contribution >= 0.6 is 0 Å². The molecular formula is C10H22N2O2. The van der Waals surface area contributed by atoms with Gasteiger partial charge >= 0.3 is 0 Å².